The molecule has 0 aromatic heterocycles. The maximum absolute atomic E-state index is 13.1. The number of carbonyl (C=O) groups excluding carboxylic acids is 1. The molecule has 0 radical (unpaired) electrons. The Labute approximate surface area is 106 Å². The van der Waals surface area contributed by atoms with Crippen molar-refractivity contribution in [3.63, 3.8) is 0 Å². The zero-order valence-corrected chi connectivity index (χ0v) is 10.2. The van der Waals surface area contributed by atoms with Crippen molar-refractivity contribution >= 4 is 18.4 Å². The molecule has 0 amide bonds. The van der Waals surface area contributed by atoms with Gasteiger partial charge in [0.05, 0.1) is 0 Å². The molecule has 5 heteroatoms. The monoisotopic (exact) mass is 259 g/mol. The fourth-order valence-electron chi connectivity index (χ4n) is 1.79. The normalized spacial score (nSPS) is 19.7. The summed E-state index contributed by atoms with van der Waals surface area (Å²) in [5.74, 6) is -0.469. The summed E-state index contributed by atoms with van der Waals surface area (Å²) in [7, 11) is 0. The fraction of sp³-hybridized carbons (Fsp3) is 0.417. The lowest BCUT2D eigenvalue weighted by atomic mass is 10.2. The highest BCUT2D eigenvalue weighted by Crippen LogP contribution is 2.18. The molecule has 1 unspecified atom stereocenters. The molecule has 0 saturated carbocycles. The van der Waals surface area contributed by atoms with E-state index in [0.29, 0.717) is 24.5 Å². The zero-order chi connectivity index (χ0) is 11.4. The lowest BCUT2D eigenvalue weighted by Gasteiger charge is -2.13. The Morgan fingerprint density at radius 3 is 2.71 bits per heavy atom. The van der Waals surface area contributed by atoms with Crippen LogP contribution in [-0.2, 0) is 16.1 Å². The van der Waals surface area contributed by atoms with Gasteiger partial charge in [0.15, 0.2) is 0 Å². The van der Waals surface area contributed by atoms with E-state index in [2.05, 4.69) is 0 Å². The van der Waals surface area contributed by atoms with E-state index >= 15 is 0 Å². The second-order valence-corrected chi connectivity index (χ2v) is 3.87. The van der Waals surface area contributed by atoms with Crippen LogP contribution in [0.4, 0.5) is 4.48 Å². The predicted octanol–water partition coefficient (Wildman–Crippen LogP) is 2.50. The van der Waals surface area contributed by atoms with Crippen LogP contribution >= 0.6 is 12.4 Å². The molecule has 1 aromatic carbocycles. The lowest BCUT2D eigenvalue weighted by molar-refractivity contribution is -0.156. The number of hydrogen-bond donors (Lipinski definition) is 0. The summed E-state index contributed by atoms with van der Waals surface area (Å²) in [6.45, 7) is 0.537. The average molecular weight is 260 g/mol. The second kappa shape index (κ2) is 6.57. The van der Waals surface area contributed by atoms with Gasteiger partial charge >= 0.3 is 5.97 Å². The number of carbonyl (C=O) groups is 1. The number of esters is 1. The summed E-state index contributed by atoms with van der Waals surface area (Å²) in [5, 5.41) is 0.563. The molecule has 1 atom stereocenters. The second-order valence-electron chi connectivity index (χ2n) is 3.87. The third-order valence-corrected chi connectivity index (χ3v) is 2.68. The molecule has 1 aliphatic heterocycles. The van der Waals surface area contributed by atoms with Gasteiger partial charge in [-0.15, -0.1) is 22.0 Å². The highest BCUT2D eigenvalue weighted by Gasteiger charge is 2.32. The van der Waals surface area contributed by atoms with Crippen molar-refractivity contribution in [3.8, 4) is 0 Å². The van der Waals surface area contributed by atoms with Crippen molar-refractivity contribution in [2.75, 3.05) is 6.54 Å². The molecule has 1 aliphatic rings. The standard InChI is InChI=1S/C12H14FNO2.ClH/c13-14-8-4-7-11(14)12(15)16-9-10-5-2-1-3-6-10;/h1-3,5-6,11H,4,7-9H2;1H. The summed E-state index contributed by atoms with van der Waals surface area (Å²) in [6.07, 6.45) is 1.26. The minimum Gasteiger partial charge on any atom is -0.460 e. The van der Waals surface area contributed by atoms with Gasteiger partial charge in [-0.05, 0) is 18.4 Å². The van der Waals surface area contributed by atoms with Gasteiger partial charge in [0.1, 0.15) is 12.6 Å². The molecular formula is C12H15ClFNO2. The van der Waals surface area contributed by atoms with Gasteiger partial charge < -0.3 is 4.74 Å². The smallest absolute Gasteiger partial charge is 0.326 e. The first-order valence-electron chi connectivity index (χ1n) is 5.40. The molecule has 0 bridgehead atoms. The van der Waals surface area contributed by atoms with Crippen LogP contribution in [0, 0.1) is 0 Å². The van der Waals surface area contributed by atoms with Crippen molar-refractivity contribution in [1.29, 1.82) is 0 Å². The molecule has 1 aromatic rings. The number of halogens is 2. The average Bonchev–Trinajstić information content (AvgIpc) is 2.74. The Morgan fingerprint density at radius 1 is 1.41 bits per heavy atom. The maximum Gasteiger partial charge on any atom is 0.326 e. The highest BCUT2D eigenvalue weighted by atomic mass is 35.5. The van der Waals surface area contributed by atoms with E-state index in [9.17, 15) is 9.28 Å². The molecule has 3 nitrogen and oxygen atoms in total. The van der Waals surface area contributed by atoms with Crippen LogP contribution in [0.15, 0.2) is 30.3 Å². The molecule has 17 heavy (non-hydrogen) atoms. The minimum atomic E-state index is -0.705. The topological polar surface area (TPSA) is 29.5 Å². The summed E-state index contributed by atoms with van der Waals surface area (Å²) in [5.41, 5.74) is 0.916. The highest BCUT2D eigenvalue weighted by molar-refractivity contribution is 5.85. The van der Waals surface area contributed by atoms with Crippen molar-refractivity contribution in [1.82, 2.24) is 5.12 Å². The molecule has 1 heterocycles. The predicted molar refractivity (Wildman–Crippen MR) is 64.3 cm³/mol. The van der Waals surface area contributed by atoms with Crippen LogP contribution in [0.1, 0.15) is 18.4 Å². The largest absolute Gasteiger partial charge is 0.460 e. The van der Waals surface area contributed by atoms with Gasteiger partial charge in [0.2, 0.25) is 0 Å². The first-order valence-corrected chi connectivity index (χ1v) is 5.40. The van der Waals surface area contributed by atoms with Crippen LogP contribution in [0.2, 0.25) is 0 Å². The van der Waals surface area contributed by atoms with Crippen LogP contribution < -0.4 is 0 Å². The van der Waals surface area contributed by atoms with Gasteiger partial charge in [-0.3, -0.25) is 4.79 Å². The lowest BCUT2D eigenvalue weighted by Crippen LogP contribution is -2.31. The first kappa shape index (κ1) is 13.9. The number of ether oxygens (including phenoxy) is 1. The number of nitrogens with zero attached hydrogens (tertiary/aromatic N) is 1. The van der Waals surface area contributed by atoms with E-state index in [0.717, 1.165) is 5.56 Å². The van der Waals surface area contributed by atoms with Crippen LogP contribution in [-0.4, -0.2) is 23.7 Å². The van der Waals surface area contributed by atoms with E-state index < -0.39 is 12.0 Å². The first-order chi connectivity index (χ1) is 7.77. The Hall–Kier alpha value is -1.13. The Morgan fingerprint density at radius 2 is 2.12 bits per heavy atom. The molecule has 0 aliphatic carbocycles. The molecule has 1 saturated heterocycles. The Balaban J connectivity index is 0.00000144. The molecule has 0 N–H and O–H groups in total. The molecular weight excluding hydrogens is 245 g/mol. The van der Waals surface area contributed by atoms with Crippen LogP contribution in [0.3, 0.4) is 0 Å². The number of benzene rings is 1. The SMILES string of the molecule is Cl.O=C(OCc1ccccc1)C1CCCN1F. The third-order valence-electron chi connectivity index (χ3n) is 2.68. The van der Waals surface area contributed by atoms with Crippen LogP contribution in [0.5, 0.6) is 0 Å². The Bertz CT molecular complexity index is 361. The Kier molecular flexibility index (Phi) is 5.38. The van der Waals surface area contributed by atoms with Crippen molar-refractivity contribution in [3.05, 3.63) is 35.9 Å². The van der Waals surface area contributed by atoms with Crippen molar-refractivity contribution in [2.45, 2.75) is 25.5 Å². The van der Waals surface area contributed by atoms with E-state index in [1.165, 1.54) is 0 Å². The maximum atomic E-state index is 13.1. The van der Waals surface area contributed by atoms with E-state index in [-0.39, 0.29) is 19.0 Å². The fourth-order valence-corrected chi connectivity index (χ4v) is 1.79. The van der Waals surface area contributed by atoms with Gasteiger partial charge in [-0.25, -0.2) is 0 Å². The molecule has 94 valence electrons. The third kappa shape index (κ3) is 3.68. The summed E-state index contributed by atoms with van der Waals surface area (Å²) in [6, 6.07) is 8.68. The molecule has 2 rings (SSSR count). The van der Waals surface area contributed by atoms with Gasteiger partial charge in [0.25, 0.3) is 0 Å². The van der Waals surface area contributed by atoms with E-state index in [4.69, 9.17) is 4.74 Å². The summed E-state index contributed by atoms with van der Waals surface area (Å²) >= 11 is 0. The van der Waals surface area contributed by atoms with Gasteiger partial charge in [0, 0.05) is 6.54 Å². The molecule has 0 spiro atoms. The van der Waals surface area contributed by atoms with Crippen LogP contribution in [0.25, 0.3) is 0 Å². The van der Waals surface area contributed by atoms with Gasteiger partial charge in [-0.1, -0.05) is 30.3 Å². The zero-order valence-electron chi connectivity index (χ0n) is 9.34. The van der Waals surface area contributed by atoms with E-state index in [1.54, 1.807) is 0 Å². The number of rotatable bonds is 3. The van der Waals surface area contributed by atoms with Gasteiger partial charge in [-0.2, -0.15) is 0 Å². The van der Waals surface area contributed by atoms with Crippen molar-refractivity contribution < 1.29 is 14.0 Å². The number of hydrogen-bond acceptors (Lipinski definition) is 3. The molecule has 1 fully saturated rings. The quantitative estimate of drug-likeness (QED) is 0.617. The summed E-state index contributed by atoms with van der Waals surface area (Å²) < 4.78 is 18.2. The summed E-state index contributed by atoms with van der Waals surface area (Å²) in [4.78, 5) is 11.5. The minimum absolute atomic E-state index is 0. The van der Waals surface area contributed by atoms with E-state index in [1.807, 2.05) is 30.3 Å². The van der Waals surface area contributed by atoms with Crippen molar-refractivity contribution in [2.24, 2.45) is 0 Å².